The van der Waals surface area contributed by atoms with Gasteiger partial charge in [0, 0.05) is 5.56 Å². The molecule has 2 aromatic heterocycles. The number of methoxy groups -OCH3 is 1. The predicted molar refractivity (Wildman–Crippen MR) is 74.3 cm³/mol. The Morgan fingerprint density at radius 1 is 1.00 bits per heavy atom. The summed E-state index contributed by atoms with van der Waals surface area (Å²) in [4.78, 5) is 8.31. The number of furan rings is 1. The van der Waals surface area contributed by atoms with Crippen molar-refractivity contribution in [1.29, 1.82) is 0 Å². The normalized spacial score (nSPS) is 10.8. The monoisotopic (exact) mass is 270 g/mol. The minimum Gasteiger partial charge on any atom is -0.497 e. The Morgan fingerprint density at radius 2 is 1.70 bits per heavy atom. The maximum absolute atomic E-state index is 5.82. The second-order valence-corrected chi connectivity index (χ2v) is 4.42. The summed E-state index contributed by atoms with van der Waals surface area (Å²) in [5.41, 5.74) is 1.53. The summed E-state index contributed by atoms with van der Waals surface area (Å²) >= 11 is 0. The lowest BCUT2D eigenvalue weighted by Crippen LogP contribution is -1.91. The van der Waals surface area contributed by atoms with Crippen molar-refractivity contribution in [3.8, 4) is 17.4 Å². The fourth-order valence-electron chi connectivity index (χ4n) is 1.98. The van der Waals surface area contributed by atoms with Crippen LogP contribution in [0.2, 0.25) is 0 Å². The molecule has 0 unspecified atom stereocenters. The first-order chi connectivity index (χ1) is 9.69. The Kier molecular flexibility index (Phi) is 3.02. The summed E-state index contributed by atoms with van der Waals surface area (Å²) in [6.45, 7) is 3.86. The molecule has 0 bridgehead atoms. The van der Waals surface area contributed by atoms with Crippen LogP contribution in [0.15, 0.2) is 35.0 Å². The van der Waals surface area contributed by atoms with Crippen molar-refractivity contribution >= 4 is 11.1 Å². The highest BCUT2D eigenvalue weighted by Gasteiger charge is 2.15. The molecule has 0 spiro atoms. The number of hydrogen-bond donors (Lipinski definition) is 0. The minimum absolute atomic E-state index is 0.495. The van der Waals surface area contributed by atoms with E-state index in [1.807, 2.05) is 38.1 Å². The van der Waals surface area contributed by atoms with E-state index in [4.69, 9.17) is 13.9 Å². The second kappa shape index (κ2) is 4.85. The minimum atomic E-state index is 0.495. The Morgan fingerprint density at radius 3 is 2.40 bits per heavy atom. The van der Waals surface area contributed by atoms with Gasteiger partial charge in [-0.2, -0.15) is 0 Å². The molecule has 0 aliphatic heterocycles. The van der Waals surface area contributed by atoms with Crippen LogP contribution >= 0.6 is 0 Å². The van der Waals surface area contributed by atoms with Crippen LogP contribution in [-0.2, 0) is 0 Å². The van der Waals surface area contributed by atoms with E-state index in [0.29, 0.717) is 17.3 Å². The van der Waals surface area contributed by atoms with Gasteiger partial charge >= 0.3 is 0 Å². The van der Waals surface area contributed by atoms with Crippen LogP contribution in [0.3, 0.4) is 0 Å². The van der Waals surface area contributed by atoms with Crippen LogP contribution < -0.4 is 9.47 Å². The van der Waals surface area contributed by atoms with Crippen LogP contribution in [0.1, 0.15) is 11.3 Å². The zero-order valence-electron chi connectivity index (χ0n) is 11.5. The quantitative estimate of drug-likeness (QED) is 0.727. The van der Waals surface area contributed by atoms with Gasteiger partial charge in [0.15, 0.2) is 0 Å². The molecule has 0 aliphatic carbocycles. The first kappa shape index (κ1) is 12.5. The molecule has 5 heteroatoms. The maximum Gasteiger partial charge on any atom is 0.233 e. The molecule has 0 aliphatic rings. The zero-order valence-corrected chi connectivity index (χ0v) is 11.5. The van der Waals surface area contributed by atoms with Crippen molar-refractivity contribution in [3.63, 3.8) is 0 Å². The average molecular weight is 270 g/mol. The molecule has 0 radical (unpaired) electrons. The molecule has 20 heavy (non-hydrogen) atoms. The van der Waals surface area contributed by atoms with Gasteiger partial charge in [-0.15, -0.1) is 0 Å². The van der Waals surface area contributed by atoms with Crippen molar-refractivity contribution in [3.05, 3.63) is 41.9 Å². The van der Waals surface area contributed by atoms with E-state index < -0.39 is 0 Å². The van der Waals surface area contributed by atoms with E-state index in [0.717, 1.165) is 22.5 Å². The third-order valence-electron chi connectivity index (χ3n) is 3.20. The van der Waals surface area contributed by atoms with E-state index in [2.05, 4.69) is 9.97 Å². The Hall–Kier alpha value is -2.56. The summed E-state index contributed by atoms with van der Waals surface area (Å²) in [7, 11) is 1.63. The van der Waals surface area contributed by atoms with Crippen LogP contribution in [0.5, 0.6) is 17.4 Å². The molecule has 0 amide bonds. The van der Waals surface area contributed by atoms with Gasteiger partial charge in [-0.1, -0.05) is 0 Å². The van der Waals surface area contributed by atoms with E-state index >= 15 is 0 Å². The number of ether oxygens (including phenoxy) is 2. The lowest BCUT2D eigenvalue weighted by molar-refractivity contribution is 0.412. The van der Waals surface area contributed by atoms with Crippen LogP contribution in [0.4, 0.5) is 0 Å². The molecule has 5 nitrogen and oxygen atoms in total. The highest BCUT2D eigenvalue weighted by molar-refractivity contribution is 5.83. The van der Waals surface area contributed by atoms with E-state index in [1.54, 1.807) is 7.11 Å². The van der Waals surface area contributed by atoms with E-state index in [1.165, 1.54) is 6.33 Å². The van der Waals surface area contributed by atoms with Gasteiger partial charge in [0.05, 0.1) is 7.11 Å². The number of fused-ring (bicyclic) bond motifs is 1. The predicted octanol–water partition coefficient (Wildman–Crippen LogP) is 3.64. The van der Waals surface area contributed by atoms with Crippen molar-refractivity contribution in [2.45, 2.75) is 13.8 Å². The zero-order chi connectivity index (χ0) is 14.1. The highest BCUT2D eigenvalue weighted by atomic mass is 16.5. The van der Waals surface area contributed by atoms with Crippen molar-refractivity contribution in [1.82, 2.24) is 9.97 Å². The van der Waals surface area contributed by atoms with Crippen molar-refractivity contribution in [2.24, 2.45) is 0 Å². The number of nitrogens with zero attached hydrogens (tertiary/aromatic N) is 2. The number of benzene rings is 1. The number of hydrogen-bond acceptors (Lipinski definition) is 5. The van der Waals surface area contributed by atoms with Crippen LogP contribution in [0.25, 0.3) is 11.1 Å². The van der Waals surface area contributed by atoms with Gasteiger partial charge in [-0.25, -0.2) is 9.97 Å². The largest absolute Gasteiger partial charge is 0.497 e. The van der Waals surface area contributed by atoms with Crippen LogP contribution in [-0.4, -0.2) is 17.1 Å². The molecular formula is C15H14N2O3. The highest BCUT2D eigenvalue weighted by Crippen LogP contribution is 2.32. The summed E-state index contributed by atoms with van der Waals surface area (Å²) < 4.78 is 16.5. The third kappa shape index (κ3) is 2.07. The Balaban J connectivity index is 2.01. The standard InChI is InChI=1S/C15H14N2O3/c1-9-10(2)19-14-13(9)15(17-8-16-14)20-12-6-4-11(18-3)5-7-12/h4-8H,1-3H3. The molecule has 0 saturated carbocycles. The molecule has 2 heterocycles. The molecule has 102 valence electrons. The molecule has 3 rings (SSSR count). The molecule has 3 aromatic rings. The van der Waals surface area contributed by atoms with Gasteiger partial charge in [0.1, 0.15) is 29.0 Å². The lowest BCUT2D eigenvalue weighted by atomic mass is 10.2. The Bertz CT molecular complexity index is 748. The smallest absolute Gasteiger partial charge is 0.233 e. The molecular weight excluding hydrogens is 256 g/mol. The summed E-state index contributed by atoms with van der Waals surface area (Å²) in [5, 5.41) is 0.806. The third-order valence-corrected chi connectivity index (χ3v) is 3.20. The average Bonchev–Trinajstić information content (AvgIpc) is 2.76. The molecule has 1 aromatic carbocycles. The van der Waals surface area contributed by atoms with E-state index in [9.17, 15) is 0 Å². The van der Waals surface area contributed by atoms with Gasteiger partial charge in [0.2, 0.25) is 11.6 Å². The SMILES string of the molecule is COc1ccc(Oc2ncnc3oc(C)c(C)c23)cc1. The maximum atomic E-state index is 5.82. The fourth-order valence-corrected chi connectivity index (χ4v) is 1.98. The molecule has 0 N–H and O–H groups in total. The number of rotatable bonds is 3. The molecule has 0 saturated heterocycles. The summed E-state index contributed by atoms with van der Waals surface area (Å²) in [6.07, 6.45) is 1.43. The fraction of sp³-hybridized carbons (Fsp3) is 0.200. The summed E-state index contributed by atoms with van der Waals surface area (Å²) in [5.74, 6) is 2.78. The topological polar surface area (TPSA) is 57.4 Å². The molecule has 0 atom stereocenters. The lowest BCUT2D eigenvalue weighted by Gasteiger charge is -2.06. The number of aryl methyl sites for hydroxylation is 2. The summed E-state index contributed by atoms with van der Waals surface area (Å²) in [6, 6.07) is 7.33. The van der Waals surface area contributed by atoms with Crippen LogP contribution in [0, 0.1) is 13.8 Å². The van der Waals surface area contributed by atoms with Gasteiger partial charge in [-0.05, 0) is 38.1 Å². The first-order valence-corrected chi connectivity index (χ1v) is 6.21. The van der Waals surface area contributed by atoms with Gasteiger partial charge in [-0.3, -0.25) is 0 Å². The van der Waals surface area contributed by atoms with Gasteiger partial charge in [0.25, 0.3) is 0 Å². The van der Waals surface area contributed by atoms with E-state index in [-0.39, 0.29) is 0 Å². The molecule has 0 fully saturated rings. The van der Waals surface area contributed by atoms with Crippen molar-refractivity contribution < 1.29 is 13.9 Å². The number of aromatic nitrogens is 2. The Labute approximate surface area is 116 Å². The van der Waals surface area contributed by atoms with Gasteiger partial charge < -0.3 is 13.9 Å². The van der Waals surface area contributed by atoms with Crippen molar-refractivity contribution in [2.75, 3.05) is 7.11 Å². The first-order valence-electron chi connectivity index (χ1n) is 6.21. The second-order valence-electron chi connectivity index (χ2n) is 4.42.